The van der Waals surface area contributed by atoms with Crippen LogP contribution in [0, 0.1) is 41.5 Å². The maximum Gasteiger partial charge on any atom is 0.243 e. The zero-order valence-corrected chi connectivity index (χ0v) is 17.8. The van der Waals surface area contributed by atoms with Crippen molar-refractivity contribution in [1.29, 1.82) is 0 Å². The molecule has 0 saturated carbocycles. The topological polar surface area (TPSA) is 58.2 Å². The highest BCUT2D eigenvalue weighted by atomic mass is 32.2. The average molecular weight is 385 g/mol. The Kier molecular flexibility index (Phi) is 7.08. The molecule has 0 aliphatic rings. The van der Waals surface area contributed by atoms with Crippen LogP contribution in [0.1, 0.15) is 33.4 Å². The van der Waals surface area contributed by atoms with Crippen LogP contribution in [0.3, 0.4) is 0 Å². The maximum absolute atomic E-state index is 12.2. The summed E-state index contributed by atoms with van der Waals surface area (Å²) in [6.07, 6.45) is 0. The first-order valence-corrected chi connectivity index (χ1v) is 10.0. The van der Waals surface area contributed by atoms with E-state index >= 15 is 0 Å². The van der Waals surface area contributed by atoms with E-state index < -0.39 is 0 Å². The van der Waals surface area contributed by atoms with Crippen molar-refractivity contribution >= 4 is 29.3 Å². The summed E-state index contributed by atoms with van der Waals surface area (Å²) in [6.45, 7) is 12.2. The monoisotopic (exact) mass is 384 g/mol. The SMILES string of the molecule is Cc1cc(C)c(C)c(SCC(=O)NCC(=O)Nc2c(C)cccc2C)c1C. The molecule has 0 saturated heterocycles. The summed E-state index contributed by atoms with van der Waals surface area (Å²) in [5, 5.41) is 5.59. The molecule has 0 atom stereocenters. The molecular formula is C22H28N2O2S. The Hall–Kier alpha value is -2.27. The van der Waals surface area contributed by atoms with Crippen molar-refractivity contribution in [3.63, 3.8) is 0 Å². The van der Waals surface area contributed by atoms with Crippen LogP contribution in [-0.2, 0) is 9.59 Å². The number of para-hydroxylation sites is 1. The number of amides is 2. The van der Waals surface area contributed by atoms with E-state index in [-0.39, 0.29) is 18.4 Å². The molecule has 0 aliphatic carbocycles. The summed E-state index contributed by atoms with van der Waals surface area (Å²) in [5.41, 5.74) is 7.71. The van der Waals surface area contributed by atoms with Gasteiger partial charge < -0.3 is 10.6 Å². The van der Waals surface area contributed by atoms with E-state index in [9.17, 15) is 9.59 Å². The zero-order chi connectivity index (χ0) is 20.1. The first-order chi connectivity index (χ1) is 12.7. The van der Waals surface area contributed by atoms with Crippen LogP contribution in [0.25, 0.3) is 0 Å². The molecular weight excluding hydrogens is 356 g/mol. The van der Waals surface area contributed by atoms with Gasteiger partial charge in [0.05, 0.1) is 12.3 Å². The van der Waals surface area contributed by atoms with Crippen molar-refractivity contribution in [2.45, 2.75) is 46.4 Å². The first-order valence-electron chi connectivity index (χ1n) is 9.03. The van der Waals surface area contributed by atoms with Crippen LogP contribution < -0.4 is 10.6 Å². The quantitative estimate of drug-likeness (QED) is 0.727. The van der Waals surface area contributed by atoms with E-state index in [0.717, 1.165) is 21.7 Å². The number of carbonyl (C=O) groups excluding carboxylic acids is 2. The van der Waals surface area contributed by atoms with E-state index in [2.05, 4.69) is 44.4 Å². The Morgan fingerprint density at radius 1 is 0.852 bits per heavy atom. The van der Waals surface area contributed by atoms with Crippen molar-refractivity contribution in [3.05, 3.63) is 57.6 Å². The first kappa shape index (κ1) is 21.0. The van der Waals surface area contributed by atoms with Crippen LogP contribution in [0.15, 0.2) is 29.2 Å². The highest BCUT2D eigenvalue weighted by Gasteiger charge is 2.13. The van der Waals surface area contributed by atoms with Crippen LogP contribution in [-0.4, -0.2) is 24.1 Å². The molecule has 5 heteroatoms. The second-order valence-electron chi connectivity index (χ2n) is 6.97. The van der Waals surface area contributed by atoms with Gasteiger partial charge in [-0.25, -0.2) is 0 Å². The highest BCUT2D eigenvalue weighted by Crippen LogP contribution is 2.30. The molecule has 4 nitrogen and oxygen atoms in total. The van der Waals surface area contributed by atoms with Crippen LogP contribution >= 0.6 is 11.8 Å². The maximum atomic E-state index is 12.2. The summed E-state index contributed by atoms with van der Waals surface area (Å²) in [4.78, 5) is 25.5. The Morgan fingerprint density at radius 3 is 1.96 bits per heavy atom. The molecule has 0 heterocycles. The van der Waals surface area contributed by atoms with Gasteiger partial charge in [0.2, 0.25) is 11.8 Å². The smallest absolute Gasteiger partial charge is 0.243 e. The van der Waals surface area contributed by atoms with Crippen LogP contribution in [0.4, 0.5) is 5.69 Å². The number of hydrogen-bond donors (Lipinski definition) is 2. The highest BCUT2D eigenvalue weighted by molar-refractivity contribution is 8.00. The fourth-order valence-corrected chi connectivity index (χ4v) is 4.09. The van der Waals surface area contributed by atoms with Gasteiger partial charge in [-0.05, 0) is 74.9 Å². The van der Waals surface area contributed by atoms with Gasteiger partial charge in [-0.3, -0.25) is 9.59 Å². The molecule has 2 rings (SSSR count). The number of nitrogens with one attached hydrogen (secondary N) is 2. The molecule has 0 fully saturated rings. The lowest BCUT2D eigenvalue weighted by Gasteiger charge is -2.15. The molecule has 27 heavy (non-hydrogen) atoms. The molecule has 2 aromatic rings. The second-order valence-corrected chi connectivity index (χ2v) is 7.96. The van der Waals surface area contributed by atoms with Gasteiger partial charge in [0, 0.05) is 10.6 Å². The summed E-state index contributed by atoms with van der Waals surface area (Å²) >= 11 is 1.53. The normalized spacial score (nSPS) is 10.6. The molecule has 2 N–H and O–H groups in total. The van der Waals surface area contributed by atoms with Gasteiger partial charge in [0.15, 0.2) is 0 Å². The van der Waals surface area contributed by atoms with Gasteiger partial charge in [-0.15, -0.1) is 11.8 Å². The Balaban J connectivity index is 1.89. The standard InChI is InChI=1S/C22H28N2O2S/c1-13-8-7-9-14(2)21(13)24-19(25)11-23-20(26)12-27-22-17(5)15(3)10-16(4)18(22)6/h7-10H,11-12H2,1-6H3,(H,23,26)(H,24,25). The van der Waals surface area contributed by atoms with E-state index in [1.165, 1.54) is 34.0 Å². The summed E-state index contributed by atoms with van der Waals surface area (Å²) in [5.74, 6) is -0.0690. The molecule has 2 aromatic carbocycles. The second kappa shape index (κ2) is 9.09. The minimum absolute atomic E-state index is 0.0298. The number of benzene rings is 2. The van der Waals surface area contributed by atoms with Crippen LogP contribution in [0.5, 0.6) is 0 Å². The summed E-state index contributed by atoms with van der Waals surface area (Å²) in [7, 11) is 0. The molecule has 0 aromatic heterocycles. The lowest BCUT2D eigenvalue weighted by atomic mass is 10.0. The van der Waals surface area contributed by atoms with Gasteiger partial charge in [0.1, 0.15) is 0 Å². The summed E-state index contributed by atoms with van der Waals surface area (Å²) < 4.78 is 0. The molecule has 0 spiro atoms. The van der Waals surface area contributed by atoms with Gasteiger partial charge in [-0.2, -0.15) is 0 Å². The predicted octanol–water partition coefficient (Wildman–Crippen LogP) is 4.38. The zero-order valence-electron chi connectivity index (χ0n) is 16.9. The molecule has 0 unspecified atom stereocenters. The fourth-order valence-electron chi connectivity index (χ4n) is 2.96. The lowest BCUT2D eigenvalue weighted by molar-refractivity contribution is -0.122. The van der Waals surface area contributed by atoms with Crippen molar-refractivity contribution in [2.75, 3.05) is 17.6 Å². The van der Waals surface area contributed by atoms with Crippen molar-refractivity contribution in [1.82, 2.24) is 5.32 Å². The average Bonchev–Trinajstić information content (AvgIpc) is 2.61. The third-order valence-electron chi connectivity index (χ3n) is 4.84. The number of aryl methyl sites for hydroxylation is 4. The van der Waals surface area contributed by atoms with E-state index in [1.807, 2.05) is 32.0 Å². The number of thioether (sulfide) groups is 1. The largest absolute Gasteiger partial charge is 0.346 e. The molecule has 0 aliphatic heterocycles. The minimum atomic E-state index is -0.218. The minimum Gasteiger partial charge on any atom is -0.346 e. The van der Waals surface area contributed by atoms with Crippen molar-refractivity contribution < 1.29 is 9.59 Å². The summed E-state index contributed by atoms with van der Waals surface area (Å²) in [6, 6.07) is 8.03. The van der Waals surface area contributed by atoms with Gasteiger partial charge in [0.25, 0.3) is 0 Å². The van der Waals surface area contributed by atoms with Gasteiger partial charge >= 0.3 is 0 Å². The van der Waals surface area contributed by atoms with Crippen LogP contribution in [0.2, 0.25) is 0 Å². The molecule has 144 valence electrons. The lowest BCUT2D eigenvalue weighted by Crippen LogP contribution is -2.34. The van der Waals surface area contributed by atoms with E-state index in [4.69, 9.17) is 0 Å². The fraction of sp³-hybridized carbons (Fsp3) is 0.364. The van der Waals surface area contributed by atoms with E-state index in [1.54, 1.807) is 0 Å². The number of carbonyl (C=O) groups is 2. The Labute approximate surface area is 166 Å². The Morgan fingerprint density at radius 2 is 1.41 bits per heavy atom. The molecule has 0 bridgehead atoms. The number of anilines is 1. The number of hydrogen-bond acceptors (Lipinski definition) is 3. The molecule has 2 amide bonds. The Bertz CT molecular complexity index is 829. The third kappa shape index (κ3) is 5.36. The number of rotatable bonds is 6. The van der Waals surface area contributed by atoms with Gasteiger partial charge in [-0.1, -0.05) is 24.3 Å². The third-order valence-corrected chi connectivity index (χ3v) is 6.14. The predicted molar refractivity (Wildman–Crippen MR) is 114 cm³/mol. The van der Waals surface area contributed by atoms with Crippen molar-refractivity contribution in [3.8, 4) is 0 Å². The van der Waals surface area contributed by atoms with Crippen molar-refractivity contribution in [2.24, 2.45) is 0 Å². The molecule has 0 radical (unpaired) electrons. The van der Waals surface area contributed by atoms with E-state index in [0.29, 0.717) is 5.75 Å².